The van der Waals surface area contributed by atoms with Crippen molar-refractivity contribution >= 4 is 22.6 Å². The molecule has 1 amide bonds. The van der Waals surface area contributed by atoms with Crippen LogP contribution in [0.2, 0.25) is 0 Å². The van der Waals surface area contributed by atoms with Crippen LogP contribution in [0.25, 0.3) is 11.0 Å². The van der Waals surface area contributed by atoms with E-state index in [4.69, 9.17) is 10.2 Å². The van der Waals surface area contributed by atoms with E-state index in [2.05, 4.69) is 12.2 Å². The second-order valence-corrected chi connectivity index (χ2v) is 5.35. The van der Waals surface area contributed by atoms with Crippen molar-refractivity contribution in [2.45, 2.75) is 38.1 Å². The Kier molecular flexibility index (Phi) is 2.73. The van der Waals surface area contributed by atoms with Gasteiger partial charge in [0.1, 0.15) is 5.58 Å². The summed E-state index contributed by atoms with van der Waals surface area (Å²) in [6, 6.07) is 7.13. The zero-order chi connectivity index (χ0) is 13.5. The summed E-state index contributed by atoms with van der Waals surface area (Å²) in [5.74, 6) is 0.233. The fraction of sp³-hybridized carbons (Fsp3) is 0.400. The molecule has 1 heterocycles. The number of hydrogen-bond acceptors (Lipinski definition) is 3. The zero-order valence-electron chi connectivity index (χ0n) is 11.0. The van der Waals surface area contributed by atoms with Gasteiger partial charge in [0.2, 0.25) is 0 Å². The third-order valence-electron chi connectivity index (χ3n) is 4.13. The molecule has 2 aromatic rings. The van der Waals surface area contributed by atoms with Gasteiger partial charge in [-0.25, -0.2) is 0 Å². The fourth-order valence-electron chi connectivity index (χ4n) is 2.65. The molecule has 0 spiro atoms. The van der Waals surface area contributed by atoms with E-state index in [1.807, 2.05) is 6.07 Å². The van der Waals surface area contributed by atoms with E-state index in [1.165, 1.54) is 6.42 Å². The quantitative estimate of drug-likeness (QED) is 0.831. The van der Waals surface area contributed by atoms with E-state index in [1.54, 1.807) is 18.2 Å². The molecule has 4 nitrogen and oxygen atoms in total. The van der Waals surface area contributed by atoms with Crippen molar-refractivity contribution in [1.82, 2.24) is 5.32 Å². The van der Waals surface area contributed by atoms with Gasteiger partial charge >= 0.3 is 0 Å². The van der Waals surface area contributed by atoms with Crippen molar-refractivity contribution in [3.8, 4) is 0 Å². The van der Waals surface area contributed by atoms with Crippen LogP contribution in [0.1, 0.15) is 43.2 Å². The minimum atomic E-state index is -0.128. The predicted octanol–water partition coefficient (Wildman–Crippen LogP) is 3.08. The molecule has 100 valence electrons. The lowest BCUT2D eigenvalue weighted by atomic mass is 9.75. The number of furan rings is 1. The van der Waals surface area contributed by atoms with E-state index in [-0.39, 0.29) is 11.4 Å². The van der Waals surface area contributed by atoms with Gasteiger partial charge in [-0.3, -0.25) is 4.79 Å². The number of rotatable bonds is 3. The third kappa shape index (κ3) is 2.07. The highest BCUT2D eigenvalue weighted by molar-refractivity contribution is 5.97. The number of amides is 1. The van der Waals surface area contributed by atoms with E-state index in [0.29, 0.717) is 17.0 Å². The monoisotopic (exact) mass is 258 g/mol. The van der Waals surface area contributed by atoms with Gasteiger partial charge in [-0.15, -0.1) is 0 Å². The fourth-order valence-corrected chi connectivity index (χ4v) is 2.65. The number of anilines is 1. The Balaban J connectivity index is 1.85. The number of benzene rings is 1. The molecule has 0 radical (unpaired) electrons. The van der Waals surface area contributed by atoms with Gasteiger partial charge in [-0.05, 0) is 49.9 Å². The van der Waals surface area contributed by atoms with Crippen LogP contribution in [0.5, 0.6) is 0 Å². The first-order valence-electron chi connectivity index (χ1n) is 6.73. The molecule has 1 aliphatic carbocycles. The lowest BCUT2D eigenvalue weighted by molar-refractivity contribution is 0.0794. The smallest absolute Gasteiger partial charge is 0.287 e. The summed E-state index contributed by atoms with van der Waals surface area (Å²) in [4.78, 5) is 12.2. The van der Waals surface area contributed by atoms with Crippen LogP contribution in [0.4, 0.5) is 5.69 Å². The molecule has 1 aliphatic rings. The summed E-state index contributed by atoms with van der Waals surface area (Å²) < 4.78 is 5.58. The van der Waals surface area contributed by atoms with Gasteiger partial charge in [-0.2, -0.15) is 0 Å². The van der Waals surface area contributed by atoms with Crippen LogP contribution in [0, 0.1) is 0 Å². The second-order valence-electron chi connectivity index (χ2n) is 5.35. The third-order valence-corrected chi connectivity index (χ3v) is 4.13. The average Bonchev–Trinajstić information content (AvgIpc) is 2.76. The molecule has 1 saturated carbocycles. The maximum absolute atomic E-state index is 12.2. The normalized spacial score (nSPS) is 17.1. The van der Waals surface area contributed by atoms with Crippen LogP contribution >= 0.6 is 0 Å². The highest BCUT2D eigenvalue weighted by atomic mass is 16.3. The lowest BCUT2D eigenvalue weighted by Gasteiger charge is -2.41. The summed E-state index contributed by atoms with van der Waals surface area (Å²) in [5.41, 5.74) is 7.07. The molecule has 19 heavy (non-hydrogen) atoms. The number of fused-ring (bicyclic) bond motifs is 1. The Morgan fingerprint density at radius 2 is 2.21 bits per heavy atom. The van der Waals surface area contributed by atoms with Crippen molar-refractivity contribution in [3.63, 3.8) is 0 Å². The molecule has 0 saturated heterocycles. The van der Waals surface area contributed by atoms with E-state index >= 15 is 0 Å². The summed E-state index contributed by atoms with van der Waals surface area (Å²) in [6.45, 7) is 2.11. The Labute approximate surface area is 112 Å². The number of carbonyl (C=O) groups is 1. The van der Waals surface area contributed by atoms with Gasteiger partial charge in [0, 0.05) is 16.6 Å². The van der Waals surface area contributed by atoms with Crippen LogP contribution in [-0.4, -0.2) is 11.4 Å². The number of nitrogen functional groups attached to an aromatic ring is 1. The standard InChI is InChI=1S/C15H18N2O2/c1-2-15(6-3-7-15)17-14(18)13-9-10-8-11(16)4-5-12(10)19-13/h4-5,8-9H,2-3,6-7,16H2,1H3,(H,17,18). The van der Waals surface area contributed by atoms with E-state index in [0.717, 1.165) is 24.6 Å². The largest absolute Gasteiger partial charge is 0.451 e. The van der Waals surface area contributed by atoms with Crippen molar-refractivity contribution in [2.24, 2.45) is 0 Å². The van der Waals surface area contributed by atoms with E-state index in [9.17, 15) is 4.79 Å². The molecule has 0 atom stereocenters. The predicted molar refractivity (Wildman–Crippen MR) is 75.0 cm³/mol. The first-order chi connectivity index (χ1) is 9.12. The van der Waals surface area contributed by atoms with Crippen molar-refractivity contribution < 1.29 is 9.21 Å². The van der Waals surface area contributed by atoms with Crippen LogP contribution < -0.4 is 11.1 Å². The number of carbonyl (C=O) groups excluding carboxylic acids is 1. The zero-order valence-corrected chi connectivity index (χ0v) is 11.0. The Bertz CT molecular complexity index is 621. The summed E-state index contributed by atoms with van der Waals surface area (Å²) in [5, 5.41) is 3.97. The lowest BCUT2D eigenvalue weighted by Crippen LogP contribution is -2.52. The van der Waals surface area contributed by atoms with Gasteiger partial charge in [0.05, 0.1) is 0 Å². The van der Waals surface area contributed by atoms with Crippen LogP contribution in [0.15, 0.2) is 28.7 Å². The SMILES string of the molecule is CCC1(NC(=O)c2cc3cc(N)ccc3o2)CCC1. The minimum Gasteiger partial charge on any atom is -0.451 e. The summed E-state index contributed by atoms with van der Waals surface area (Å²) in [6.07, 6.45) is 4.27. The van der Waals surface area contributed by atoms with Gasteiger partial charge in [-0.1, -0.05) is 6.92 Å². The molecular formula is C15H18N2O2. The van der Waals surface area contributed by atoms with Crippen LogP contribution in [-0.2, 0) is 0 Å². The van der Waals surface area contributed by atoms with Gasteiger partial charge in [0.25, 0.3) is 5.91 Å². The Hall–Kier alpha value is -1.97. The summed E-state index contributed by atoms with van der Waals surface area (Å²) in [7, 11) is 0. The highest BCUT2D eigenvalue weighted by Gasteiger charge is 2.37. The Morgan fingerprint density at radius 3 is 2.84 bits per heavy atom. The van der Waals surface area contributed by atoms with Gasteiger partial charge in [0.15, 0.2) is 5.76 Å². The molecule has 0 bridgehead atoms. The first kappa shape index (κ1) is 12.1. The first-order valence-corrected chi connectivity index (χ1v) is 6.73. The van der Waals surface area contributed by atoms with Crippen LogP contribution in [0.3, 0.4) is 0 Å². The van der Waals surface area contributed by atoms with Crippen molar-refractivity contribution in [3.05, 3.63) is 30.0 Å². The number of nitrogens with two attached hydrogens (primary N) is 1. The molecule has 0 unspecified atom stereocenters. The van der Waals surface area contributed by atoms with E-state index < -0.39 is 0 Å². The second kappa shape index (κ2) is 4.30. The topological polar surface area (TPSA) is 68.3 Å². The Morgan fingerprint density at radius 1 is 1.42 bits per heavy atom. The molecule has 1 fully saturated rings. The molecule has 3 N–H and O–H groups in total. The van der Waals surface area contributed by atoms with Crippen molar-refractivity contribution in [1.29, 1.82) is 0 Å². The molecule has 1 aromatic heterocycles. The molecule has 3 rings (SSSR count). The molecule has 1 aromatic carbocycles. The average molecular weight is 258 g/mol. The van der Waals surface area contributed by atoms with Gasteiger partial charge < -0.3 is 15.5 Å². The minimum absolute atomic E-state index is 0.0188. The maximum Gasteiger partial charge on any atom is 0.287 e. The molecule has 0 aliphatic heterocycles. The number of hydrogen-bond donors (Lipinski definition) is 2. The molecule has 4 heteroatoms. The highest BCUT2D eigenvalue weighted by Crippen LogP contribution is 2.35. The molecular weight excluding hydrogens is 240 g/mol. The van der Waals surface area contributed by atoms with Crippen molar-refractivity contribution in [2.75, 3.05) is 5.73 Å². The summed E-state index contributed by atoms with van der Waals surface area (Å²) >= 11 is 0. The maximum atomic E-state index is 12.2. The number of nitrogens with one attached hydrogen (secondary N) is 1.